The van der Waals surface area contributed by atoms with Crippen LogP contribution in [0.5, 0.6) is 5.75 Å². The van der Waals surface area contributed by atoms with Crippen molar-refractivity contribution in [2.24, 2.45) is 7.05 Å². The summed E-state index contributed by atoms with van der Waals surface area (Å²) < 4.78 is 7.60. The van der Waals surface area contributed by atoms with Gasteiger partial charge >= 0.3 is 0 Å². The second-order valence-electron chi connectivity index (χ2n) is 4.61. The first-order valence-electron chi connectivity index (χ1n) is 6.31. The Morgan fingerprint density at radius 1 is 1.29 bits per heavy atom. The lowest BCUT2D eigenvalue weighted by Gasteiger charge is -2.02. The molecule has 0 atom stereocenters. The first kappa shape index (κ1) is 12.0. The minimum Gasteiger partial charge on any atom is -0.497 e. The monoisotopic (exact) mass is 231 g/mol. The van der Waals surface area contributed by atoms with Gasteiger partial charge in [-0.05, 0) is 43.5 Å². The predicted molar refractivity (Wildman–Crippen MR) is 72.8 cm³/mol. The van der Waals surface area contributed by atoms with Gasteiger partial charge in [0.1, 0.15) is 5.75 Å². The standard InChI is InChI=1S/C15H21NO/c1-5-6-7-13-11(2)16(3)15-9-8-12(17-4)10-14(13)15/h8-10H,5-7H2,1-4H3. The summed E-state index contributed by atoms with van der Waals surface area (Å²) >= 11 is 0. The summed E-state index contributed by atoms with van der Waals surface area (Å²) in [7, 11) is 3.86. The average molecular weight is 231 g/mol. The van der Waals surface area contributed by atoms with Crippen LogP contribution in [0.25, 0.3) is 10.9 Å². The van der Waals surface area contributed by atoms with Crippen LogP contribution in [0.2, 0.25) is 0 Å². The summed E-state index contributed by atoms with van der Waals surface area (Å²) in [4.78, 5) is 0. The molecule has 1 heterocycles. The summed E-state index contributed by atoms with van der Waals surface area (Å²) in [5.74, 6) is 0.945. The van der Waals surface area contributed by atoms with Crippen molar-refractivity contribution in [1.29, 1.82) is 0 Å². The zero-order chi connectivity index (χ0) is 12.4. The van der Waals surface area contributed by atoms with Gasteiger partial charge in [0.15, 0.2) is 0 Å². The molecule has 0 aliphatic carbocycles. The number of unbranched alkanes of at least 4 members (excludes halogenated alkanes) is 1. The second-order valence-corrected chi connectivity index (χ2v) is 4.61. The van der Waals surface area contributed by atoms with Crippen molar-refractivity contribution in [2.45, 2.75) is 33.1 Å². The lowest BCUT2D eigenvalue weighted by atomic mass is 10.0. The third kappa shape index (κ3) is 2.04. The minimum atomic E-state index is 0.945. The molecule has 2 nitrogen and oxygen atoms in total. The number of hydrogen-bond acceptors (Lipinski definition) is 1. The van der Waals surface area contributed by atoms with E-state index in [0.717, 1.165) is 12.2 Å². The van der Waals surface area contributed by atoms with E-state index in [1.807, 2.05) is 6.07 Å². The van der Waals surface area contributed by atoms with E-state index in [1.54, 1.807) is 7.11 Å². The van der Waals surface area contributed by atoms with Gasteiger partial charge in [0.25, 0.3) is 0 Å². The van der Waals surface area contributed by atoms with E-state index in [9.17, 15) is 0 Å². The maximum atomic E-state index is 5.32. The molecule has 2 heteroatoms. The maximum absolute atomic E-state index is 5.32. The lowest BCUT2D eigenvalue weighted by molar-refractivity contribution is 0.415. The predicted octanol–water partition coefficient (Wildman–Crippen LogP) is 3.84. The van der Waals surface area contributed by atoms with Crippen molar-refractivity contribution in [2.75, 3.05) is 7.11 Å². The van der Waals surface area contributed by atoms with Crippen LogP contribution in [0.4, 0.5) is 0 Å². The van der Waals surface area contributed by atoms with Crippen LogP contribution in [0, 0.1) is 6.92 Å². The Bertz CT molecular complexity index is 525. The molecule has 1 aromatic carbocycles. The minimum absolute atomic E-state index is 0.945. The highest BCUT2D eigenvalue weighted by Crippen LogP contribution is 2.29. The van der Waals surface area contributed by atoms with Crippen molar-refractivity contribution < 1.29 is 4.74 Å². The zero-order valence-electron chi connectivity index (χ0n) is 11.2. The fourth-order valence-electron chi connectivity index (χ4n) is 2.42. The smallest absolute Gasteiger partial charge is 0.119 e. The lowest BCUT2D eigenvalue weighted by Crippen LogP contribution is -1.92. The first-order valence-corrected chi connectivity index (χ1v) is 6.31. The molecule has 0 saturated heterocycles. The van der Waals surface area contributed by atoms with E-state index in [4.69, 9.17) is 4.74 Å². The number of methoxy groups -OCH3 is 1. The number of fused-ring (bicyclic) bond motifs is 1. The van der Waals surface area contributed by atoms with Crippen molar-refractivity contribution in [3.63, 3.8) is 0 Å². The van der Waals surface area contributed by atoms with E-state index < -0.39 is 0 Å². The molecule has 0 aliphatic rings. The molecule has 0 N–H and O–H groups in total. The Balaban J connectivity index is 2.58. The molecule has 1 aromatic heterocycles. The molecule has 0 radical (unpaired) electrons. The van der Waals surface area contributed by atoms with Crippen molar-refractivity contribution >= 4 is 10.9 Å². The van der Waals surface area contributed by atoms with Crippen molar-refractivity contribution in [3.05, 3.63) is 29.5 Å². The normalized spacial score (nSPS) is 11.1. The van der Waals surface area contributed by atoms with E-state index in [0.29, 0.717) is 0 Å². The maximum Gasteiger partial charge on any atom is 0.119 e. The van der Waals surface area contributed by atoms with Crippen LogP contribution < -0.4 is 4.74 Å². The van der Waals surface area contributed by atoms with E-state index in [1.165, 1.54) is 35.0 Å². The average Bonchev–Trinajstić information content (AvgIpc) is 2.59. The first-order chi connectivity index (χ1) is 8.19. The summed E-state index contributed by atoms with van der Waals surface area (Å²) in [5.41, 5.74) is 4.15. The second kappa shape index (κ2) is 4.82. The molecule has 0 bridgehead atoms. The highest BCUT2D eigenvalue weighted by molar-refractivity contribution is 5.86. The SMILES string of the molecule is CCCCc1c(C)n(C)c2ccc(OC)cc12. The fourth-order valence-corrected chi connectivity index (χ4v) is 2.42. The fraction of sp³-hybridized carbons (Fsp3) is 0.467. The molecule has 0 saturated carbocycles. The van der Waals surface area contributed by atoms with Crippen LogP contribution in [0.1, 0.15) is 31.0 Å². The van der Waals surface area contributed by atoms with Crippen LogP contribution >= 0.6 is 0 Å². The number of aromatic nitrogens is 1. The highest BCUT2D eigenvalue weighted by Gasteiger charge is 2.11. The van der Waals surface area contributed by atoms with Gasteiger partial charge in [-0.15, -0.1) is 0 Å². The highest BCUT2D eigenvalue weighted by atomic mass is 16.5. The molecule has 2 rings (SSSR count). The number of benzene rings is 1. The van der Waals surface area contributed by atoms with Crippen LogP contribution in [-0.4, -0.2) is 11.7 Å². The van der Waals surface area contributed by atoms with Gasteiger partial charge in [-0.2, -0.15) is 0 Å². The molecular weight excluding hydrogens is 210 g/mol. The molecule has 2 aromatic rings. The Morgan fingerprint density at radius 3 is 2.71 bits per heavy atom. The topological polar surface area (TPSA) is 14.2 Å². The summed E-state index contributed by atoms with van der Waals surface area (Å²) in [6.07, 6.45) is 3.64. The van der Waals surface area contributed by atoms with Crippen LogP contribution in [0.3, 0.4) is 0 Å². The van der Waals surface area contributed by atoms with Gasteiger partial charge in [0.2, 0.25) is 0 Å². The Kier molecular flexibility index (Phi) is 3.41. The van der Waals surface area contributed by atoms with Crippen molar-refractivity contribution in [1.82, 2.24) is 4.57 Å². The van der Waals surface area contributed by atoms with E-state index in [2.05, 4.69) is 37.6 Å². The molecule has 0 aliphatic heterocycles. The molecule has 17 heavy (non-hydrogen) atoms. The van der Waals surface area contributed by atoms with Gasteiger partial charge in [-0.25, -0.2) is 0 Å². The largest absolute Gasteiger partial charge is 0.497 e. The van der Waals surface area contributed by atoms with Gasteiger partial charge in [-0.3, -0.25) is 0 Å². The summed E-state index contributed by atoms with van der Waals surface area (Å²) in [5, 5.41) is 1.35. The van der Waals surface area contributed by atoms with Crippen LogP contribution in [0.15, 0.2) is 18.2 Å². The number of aryl methyl sites for hydroxylation is 2. The van der Waals surface area contributed by atoms with E-state index in [-0.39, 0.29) is 0 Å². The molecule has 0 unspecified atom stereocenters. The Morgan fingerprint density at radius 2 is 2.06 bits per heavy atom. The Hall–Kier alpha value is -1.44. The number of hydrogen-bond donors (Lipinski definition) is 0. The Labute approximate surface area is 103 Å². The zero-order valence-corrected chi connectivity index (χ0v) is 11.2. The summed E-state index contributed by atoms with van der Waals surface area (Å²) in [6.45, 7) is 4.44. The van der Waals surface area contributed by atoms with Gasteiger partial charge in [0, 0.05) is 23.6 Å². The van der Waals surface area contributed by atoms with Crippen molar-refractivity contribution in [3.8, 4) is 5.75 Å². The quantitative estimate of drug-likeness (QED) is 0.780. The van der Waals surface area contributed by atoms with E-state index >= 15 is 0 Å². The third-order valence-corrected chi connectivity index (χ3v) is 3.61. The summed E-state index contributed by atoms with van der Waals surface area (Å²) in [6, 6.07) is 6.34. The molecule has 0 fully saturated rings. The molecule has 92 valence electrons. The number of rotatable bonds is 4. The number of nitrogens with zero attached hydrogens (tertiary/aromatic N) is 1. The third-order valence-electron chi connectivity index (χ3n) is 3.61. The van der Waals surface area contributed by atoms with Gasteiger partial charge in [-0.1, -0.05) is 13.3 Å². The molecule has 0 spiro atoms. The molecular formula is C15H21NO. The number of ether oxygens (including phenoxy) is 1. The molecule has 0 amide bonds. The van der Waals surface area contributed by atoms with Gasteiger partial charge < -0.3 is 9.30 Å². The van der Waals surface area contributed by atoms with Crippen LogP contribution in [-0.2, 0) is 13.5 Å². The van der Waals surface area contributed by atoms with Gasteiger partial charge in [0.05, 0.1) is 7.11 Å².